The Hall–Kier alpha value is -1.23. The number of phenols is 2. The first-order chi connectivity index (χ1) is 14.7. The number of nitrogens with zero attached hydrogens (tertiary/aromatic N) is 1. The number of carbonyl (C=O) groups is 1. The summed E-state index contributed by atoms with van der Waals surface area (Å²) in [5.74, 6) is -0.155. The molecule has 0 radical (unpaired) electrons. The van der Waals surface area contributed by atoms with Gasteiger partial charge in [-0.2, -0.15) is 0 Å². The molecule has 2 N–H and O–H groups in total. The maximum atomic E-state index is 12.8. The van der Waals surface area contributed by atoms with Crippen LogP contribution in [0.4, 0.5) is 0 Å². The maximum Gasteiger partial charge on any atom is 0.198 e. The number of ketones is 1. The van der Waals surface area contributed by atoms with Gasteiger partial charge in [0.25, 0.3) is 0 Å². The molecule has 2 aromatic rings. The normalized spacial score (nSPS) is 27.5. The Morgan fingerprint density at radius 3 is 2.48 bits per heavy atom. The Labute approximate surface area is 208 Å². The summed E-state index contributed by atoms with van der Waals surface area (Å²) in [5, 5.41) is 21.2. The number of rotatable bonds is 4. The number of aromatic hydroxyl groups is 2. The summed E-state index contributed by atoms with van der Waals surface area (Å²) in [4.78, 5) is 16.1. The predicted octanol–water partition coefficient (Wildman–Crippen LogP) is 5.39. The lowest BCUT2D eigenvalue weighted by Gasteiger charge is -2.51. The SMILES string of the molecule is COC1=C[C@@H]2C(N(C)C)[C@H](Sc3ccc(Br)cc3)c3ccc(O)c(O)c3[C@]2(I)CC1=O. The fraction of sp³-hybridized carbons (Fsp3) is 0.348. The van der Waals surface area contributed by atoms with Gasteiger partial charge in [0.15, 0.2) is 23.0 Å². The van der Waals surface area contributed by atoms with E-state index in [1.54, 1.807) is 11.8 Å². The molecule has 2 aliphatic rings. The zero-order chi connectivity index (χ0) is 22.5. The number of ether oxygens (including phenoxy) is 1. The molecule has 0 aromatic heterocycles. The lowest BCUT2D eigenvalue weighted by molar-refractivity contribution is -0.120. The number of benzene rings is 2. The van der Waals surface area contributed by atoms with Crippen LogP contribution in [0, 0.1) is 5.92 Å². The van der Waals surface area contributed by atoms with Crippen LogP contribution in [0.5, 0.6) is 11.5 Å². The van der Waals surface area contributed by atoms with Crippen molar-refractivity contribution in [3.63, 3.8) is 0 Å². The molecule has 0 spiro atoms. The van der Waals surface area contributed by atoms with Gasteiger partial charge in [-0.05, 0) is 56.1 Å². The maximum absolute atomic E-state index is 12.8. The first-order valence-corrected chi connectivity index (χ1v) is 12.5. The third kappa shape index (κ3) is 3.89. The van der Waals surface area contributed by atoms with Crippen molar-refractivity contribution in [2.75, 3.05) is 21.2 Å². The third-order valence-corrected chi connectivity index (χ3v) is 9.53. The number of phenolic OH excluding ortho intramolecular Hbond substituents is 2. The van der Waals surface area contributed by atoms with Gasteiger partial charge in [-0.15, -0.1) is 11.8 Å². The van der Waals surface area contributed by atoms with E-state index in [0.29, 0.717) is 11.3 Å². The number of carbonyl (C=O) groups excluding carboxylic acids is 1. The molecule has 164 valence electrons. The van der Waals surface area contributed by atoms with Crippen LogP contribution in [0.3, 0.4) is 0 Å². The van der Waals surface area contributed by atoms with E-state index in [9.17, 15) is 15.0 Å². The smallest absolute Gasteiger partial charge is 0.198 e. The highest BCUT2D eigenvalue weighted by Crippen LogP contribution is 2.62. The van der Waals surface area contributed by atoms with Crippen LogP contribution in [-0.4, -0.2) is 48.1 Å². The van der Waals surface area contributed by atoms with Crippen LogP contribution < -0.4 is 0 Å². The van der Waals surface area contributed by atoms with Crippen molar-refractivity contribution in [2.45, 2.75) is 26.0 Å². The lowest BCUT2D eigenvalue weighted by Crippen LogP contribution is -2.52. The van der Waals surface area contributed by atoms with E-state index in [1.807, 2.05) is 38.4 Å². The van der Waals surface area contributed by atoms with Gasteiger partial charge in [0.1, 0.15) is 0 Å². The van der Waals surface area contributed by atoms with Crippen LogP contribution in [0.25, 0.3) is 0 Å². The average molecular weight is 616 g/mol. The van der Waals surface area contributed by atoms with Gasteiger partial charge in [-0.1, -0.05) is 44.6 Å². The van der Waals surface area contributed by atoms with Gasteiger partial charge >= 0.3 is 0 Å². The molecule has 2 aliphatic carbocycles. The highest BCUT2D eigenvalue weighted by molar-refractivity contribution is 14.1. The van der Waals surface area contributed by atoms with Gasteiger partial charge in [0.05, 0.1) is 15.8 Å². The van der Waals surface area contributed by atoms with Crippen molar-refractivity contribution in [1.82, 2.24) is 4.90 Å². The highest BCUT2D eigenvalue weighted by atomic mass is 127. The van der Waals surface area contributed by atoms with E-state index in [-0.39, 0.29) is 40.9 Å². The van der Waals surface area contributed by atoms with Gasteiger partial charge in [0, 0.05) is 33.3 Å². The van der Waals surface area contributed by atoms with Crippen LogP contribution >= 0.6 is 50.3 Å². The van der Waals surface area contributed by atoms with Gasteiger partial charge < -0.3 is 19.8 Å². The summed E-state index contributed by atoms with van der Waals surface area (Å²) in [6.45, 7) is 0. The van der Waals surface area contributed by atoms with Crippen LogP contribution in [0.1, 0.15) is 22.8 Å². The first-order valence-electron chi connectivity index (χ1n) is 9.79. The fourth-order valence-corrected chi connectivity index (χ4v) is 7.85. The highest BCUT2D eigenvalue weighted by Gasteiger charge is 2.56. The molecular formula is C23H23BrINO4S. The van der Waals surface area contributed by atoms with E-state index in [0.717, 1.165) is 14.9 Å². The van der Waals surface area contributed by atoms with E-state index >= 15 is 0 Å². The first kappa shape index (κ1) is 22.9. The number of hydrogen-bond donors (Lipinski definition) is 2. The molecule has 31 heavy (non-hydrogen) atoms. The summed E-state index contributed by atoms with van der Waals surface area (Å²) in [7, 11) is 5.60. The molecule has 4 atom stereocenters. The predicted molar refractivity (Wildman–Crippen MR) is 134 cm³/mol. The van der Waals surface area contributed by atoms with Crippen molar-refractivity contribution in [1.29, 1.82) is 0 Å². The Morgan fingerprint density at radius 1 is 1.19 bits per heavy atom. The van der Waals surface area contributed by atoms with Crippen molar-refractivity contribution in [3.05, 3.63) is 63.8 Å². The zero-order valence-electron chi connectivity index (χ0n) is 17.3. The van der Waals surface area contributed by atoms with Crippen molar-refractivity contribution in [2.24, 2.45) is 5.92 Å². The Bertz CT molecular complexity index is 1060. The Kier molecular flexibility index (Phi) is 6.37. The van der Waals surface area contributed by atoms with Crippen LogP contribution in [-0.2, 0) is 13.0 Å². The third-order valence-electron chi connectivity index (χ3n) is 6.03. The van der Waals surface area contributed by atoms with E-state index in [4.69, 9.17) is 4.74 Å². The van der Waals surface area contributed by atoms with E-state index in [2.05, 4.69) is 55.6 Å². The number of allylic oxidation sites excluding steroid dienone is 1. The second-order valence-corrected chi connectivity index (χ2v) is 12.1. The molecule has 4 rings (SSSR count). The minimum absolute atomic E-state index is 0.0280. The standard InChI is InChI=1S/C23H23BrINO4S/c1-26(2)20-15-10-18(30-3)17(28)11-23(15,25)19-14(8-9-16(27)21(19)29)22(20)31-13-6-4-12(24)5-7-13/h4-10,15,20,22,27,29H,11H2,1-3H3/t15-,20?,22-,23+/m1/s1. The molecule has 0 bridgehead atoms. The average Bonchev–Trinajstić information content (AvgIpc) is 2.71. The summed E-state index contributed by atoms with van der Waals surface area (Å²) in [5.41, 5.74) is 1.58. The van der Waals surface area contributed by atoms with Gasteiger partial charge in [0.2, 0.25) is 0 Å². The lowest BCUT2D eigenvalue weighted by atomic mass is 9.66. The van der Waals surface area contributed by atoms with E-state index < -0.39 is 3.42 Å². The molecule has 0 heterocycles. The zero-order valence-corrected chi connectivity index (χ0v) is 21.9. The van der Waals surface area contributed by atoms with Gasteiger partial charge in [-0.25, -0.2) is 0 Å². The number of hydrogen-bond acceptors (Lipinski definition) is 6. The summed E-state index contributed by atoms with van der Waals surface area (Å²) in [6.07, 6.45) is 2.10. The van der Waals surface area contributed by atoms with Crippen molar-refractivity contribution in [3.8, 4) is 11.5 Å². The molecule has 0 fully saturated rings. The van der Waals surface area contributed by atoms with E-state index in [1.165, 1.54) is 13.2 Å². The topological polar surface area (TPSA) is 70.0 Å². The number of Topliss-reactive ketones (excluding diaryl/α,β-unsaturated/α-hetero) is 1. The molecule has 0 saturated carbocycles. The summed E-state index contributed by atoms with van der Waals surface area (Å²) in [6, 6.07) is 11.6. The number of fused-ring (bicyclic) bond motifs is 3. The van der Waals surface area contributed by atoms with Crippen molar-refractivity contribution < 1.29 is 19.7 Å². The molecule has 1 unspecified atom stereocenters. The molecule has 0 aliphatic heterocycles. The summed E-state index contributed by atoms with van der Waals surface area (Å²) < 4.78 is 5.72. The monoisotopic (exact) mass is 615 g/mol. The summed E-state index contributed by atoms with van der Waals surface area (Å²) >= 11 is 7.51. The minimum Gasteiger partial charge on any atom is -0.504 e. The molecule has 2 aromatic carbocycles. The Balaban J connectivity index is 1.95. The fourth-order valence-electron chi connectivity index (χ4n) is 4.66. The Morgan fingerprint density at radius 2 is 1.87 bits per heavy atom. The molecule has 0 amide bonds. The molecule has 8 heteroatoms. The second-order valence-electron chi connectivity index (χ2n) is 8.07. The van der Waals surface area contributed by atoms with Crippen LogP contribution in [0.15, 0.2) is 57.6 Å². The number of likely N-dealkylation sites (N-methyl/N-ethyl adjacent to an activating group) is 1. The van der Waals surface area contributed by atoms with Crippen LogP contribution in [0.2, 0.25) is 0 Å². The largest absolute Gasteiger partial charge is 0.504 e. The number of methoxy groups -OCH3 is 1. The number of halogens is 2. The van der Waals surface area contributed by atoms with Gasteiger partial charge in [-0.3, -0.25) is 4.79 Å². The molecule has 0 saturated heterocycles. The van der Waals surface area contributed by atoms with Crippen molar-refractivity contribution >= 4 is 56.1 Å². The number of alkyl halides is 1. The minimum atomic E-state index is -0.694. The quantitative estimate of drug-likeness (QED) is 0.273. The number of thioether (sulfide) groups is 1. The second kappa shape index (κ2) is 8.61. The molecule has 5 nitrogen and oxygen atoms in total. The molecular weight excluding hydrogens is 593 g/mol.